The highest BCUT2D eigenvalue weighted by Crippen LogP contribution is 2.13. The minimum atomic E-state index is -0.825. The number of rotatable bonds is 9. The normalized spacial score (nSPS) is 16.6. The minimum Gasteiger partial charge on any atom is -0.365 e. The van der Waals surface area contributed by atoms with Crippen molar-refractivity contribution in [2.75, 3.05) is 25.0 Å². The number of imide groups is 1. The molecule has 0 aromatic rings. The van der Waals surface area contributed by atoms with Crippen LogP contribution in [0.2, 0.25) is 0 Å². The summed E-state index contributed by atoms with van der Waals surface area (Å²) in [5, 5.41) is 4.60. The van der Waals surface area contributed by atoms with Crippen molar-refractivity contribution < 1.29 is 24.0 Å². The maximum absolute atomic E-state index is 11.6. The number of carbonyl (C=O) groups excluding carboxylic acids is 3. The van der Waals surface area contributed by atoms with Crippen molar-refractivity contribution in [3.05, 3.63) is 0 Å². The number of amides is 2. The summed E-state index contributed by atoms with van der Waals surface area (Å²) in [6.45, 7) is 3.35. The Hall–Kier alpha value is -0.990. The Morgan fingerprint density at radius 3 is 2.60 bits per heavy atom. The first-order valence-electron chi connectivity index (χ1n) is 6.52. The molecule has 1 rings (SSSR count). The monoisotopic (exact) mass is 350 g/mol. The molecule has 1 heterocycles. The molecule has 0 saturated carbocycles. The van der Waals surface area contributed by atoms with Crippen LogP contribution in [0.25, 0.3) is 0 Å². The molecule has 1 aliphatic heterocycles. The van der Waals surface area contributed by atoms with Crippen LogP contribution in [0.15, 0.2) is 0 Å². The van der Waals surface area contributed by atoms with Gasteiger partial charge in [-0.25, -0.2) is 4.79 Å². The fourth-order valence-corrected chi connectivity index (χ4v) is 1.80. The summed E-state index contributed by atoms with van der Waals surface area (Å²) in [5.74, 6) is -1.73. The van der Waals surface area contributed by atoms with Gasteiger partial charge in [0.25, 0.3) is 11.8 Å². The van der Waals surface area contributed by atoms with E-state index in [1.165, 1.54) is 6.92 Å². The highest BCUT2D eigenvalue weighted by atomic mass is 79.9. The number of alkyl halides is 1. The molecule has 114 valence electrons. The fourth-order valence-electron chi connectivity index (χ4n) is 1.51. The van der Waals surface area contributed by atoms with Gasteiger partial charge in [0.1, 0.15) is 0 Å². The third-order valence-electron chi connectivity index (χ3n) is 2.65. The Balaban J connectivity index is 2.19. The first-order valence-corrected chi connectivity index (χ1v) is 7.64. The number of halogens is 1. The summed E-state index contributed by atoms with van der Waals surface area (Å²) in [7, 11) is 0. The molecule has 0 bridgehead atoms. The van der Waals surface area contributed by atoms with Crippen LogP contribution in [0.4, 0.5) is 0 Å². The van der Waals surface area contributed by atoms with E-state index in [4.69, 9.17) is 9.57 Å². The lowest BCUT2D eigenvalue weighted by atomic mass is 10.4. The van der Waals surface area contributed by atoms with Crippen LogP contribution in [0.3, 0.4) is 0 Å². The zero-order chi connectivity index (χ0) is 15.0. The highest BCUT2D eigenvalue weighted by molar-refractivity contribution is 9.09. The summed E-state index contributed by atoms with van der Waals surface area (Å²) in [4.78, 5) is 38.9. The molecule has 1 fully saturated rings. The Labute approximate surface area is 126 Å². The van der Waals surface area contributed by atoms with E-state index in [-0.39, 0.29) is 12.8 Å². The maximum Gasteiger partial charge on any atom is 0.361 e. The lowest BCUT2D eigenvalue weighted by molar-refractivity contribution is -0.204. The largest absolute Gasteiger partial charge is 0.365 e. The number of ether oxygens (including phenoxy) is 1. The van der Waals surface area contributed by atoms with Crippen molar-refractivity contribution in [3.8, 4) is 0 Å². The summed E-state index contributed by atoms with van der Waals surface area (Å²) in [5.41, 5.74) is 0. The summed E-state index contributed by atoms with van der Waals surface area (Å²) < 4.78 is 5.27. The van der Waals surface area contributed by atoms with Gasteiger partial charge in [0.15, 0.2) is 6.10 Å². The first-order chi connectivity index (χ1) is 9.56. The standard InChI is InChI=1S/C12H19BrN2O5/c1-9(19-8-7-14-6-2-5-13)12(18)20-15-10(16)3-4-11(15)17/h9,14H,2-8H2,1H3. The van der Waals surface area contributed by atoms with E-state index >= 15 is 0 Å². The van der Waals surface area contributed by atoms with Crippen molar-refractivity contribution in [2.24, 2.45) is 0 Å². The van der Waals surface area contributed by atoms with Gasteiger partial charge in [-0.2, -0.15) is 0 Å². The molecule has 1 atom stereocenters. The van der Waals surface area contributed by atoms with E-state index in [1.54, 1.807) is 0 Å². The molecule has 7 nitrogen and oxygen atoms in total. The third kappa shape index (κ3) is 5.56. The average molecular weight is 351 g/mol. The van der Waals surface area contributed by atoms with Crippen molar-refractivity contribution in [3.63, 3.8) is 0 Å². The van der Waals surface area contributed by atoms with E-state index in [0.29, 0.717) is 18.2 Å². The molecule has 20 heavy (non-hydrogen) atoms. The topological polar surface area (TPSA) is 84.9 Å². The lowest BCUT2D eigenvalue weighted by Gasteiger charge is -2.16. The second-order valence-electron chi connectivity index (χ2n) is 4.30. The van der Waals surface area contributed by atoms with Crippen molar-refractivity contribution in [1.82, 2.24) is 10.4 Å². The first kappa shape index (κ1) is 17.1. The van der Waals surface area contributed by atoms with Crippen LogP contribution in [0.1, 0.15) is 26.2 Å². The molecule has 1 N–H and O–H groups in total. The van der Waals surface area contributed by atoms with Gasteiger partial charge < -0.3 is 14.9 Å². The number of nitrogens with one attached hydrogen (secondary N) is 1. The molecule has 0 aliphatic carbocycles. The van der Waals surface area contributed by atoms with Gasteiger partial charge in [-0.3, -0.25) is 9.59 Å². The predicted molar refractivity (Wildman–Crippen MR) is 73.9 cm³/mol. The van der Waals surface area contributed by atoms with Crippen molar-refractivity contribution >= 4 is 33.7 Å². The molecule has 1 unspecified atom stereocenters. The fraction of sp³-hybridized carbons (Fsp3) is 0.750. The zero-order valence-corrected chi connectivity index (χ0v) is 13.0. The molecule has 0 aromatic carbocycles. The summed E-state index contributed by atoms with van der Waals surface area (Å²) in [6, 6.07) is 0. The lowest BCUT2D eigenvalue weighted by Crippen LogP contribution is -2.37. The zero-order valence-electron chi connectivity index (χ0n) is 11.4. The van der Waals surface area contributed by atoms with Gasteiger partial charge in [0, 0.05) is 24.7 Å². The molecule has 2 amide bonds. The Morgan fingerprint density at radius 1 is 1.35 bits per heavy atom. The van der Waals surface area contributed by atoms with Crippen LogP contribution < -0.4 is 5.32 Å². The molecule has 0 radical (unpaired) electrons. The molecule has 0 spiro atoms. The van der Waals surface area contributed by atoms with Gasteiger partial charge >= 0.3 is 5.97 Å². The molecule has 1 aliphatic rings. The molecule has 1 saturated heterocycles. The molecule has 0 aromatic heterocycles. The van der Waals surface area contributed by atoms with E-state index in [2.05, 4.69) is 21.2 Å². The number of hydroxylamine groups is 2. The third-order valence-corrected chi connectivity index (χ3v) is 3.21. The summed E-state index contributed by atoms with van der Waals surface area (Å²) in [6.07, 6.45) is 0.350. The highest BCUT2D eigenvalue weighted by Gasteiger charge is 2.34. The van der Waals surface area contributed by atoms with E-state index in [9.17, 15) is 14.4 Å². The van der Waals surface area contributed by atoms with Gasteiger partial charge in [-0.1, -0.05) is 15.9 Å². The average Bonchev–Trinajstić information content (AvgIpc) is 2.74. The maximum atomic E-state index is 11.6. The summed E-state index contributed by atoms with van der Waals surface area (Å²) >= 11 is 3.32. The second kappa shape index (κ2) is 9.04. The van der Waals surface area contributed by atoms with Crippen LogP contribution in [-0.2, 0) is 24.0 Å². The second-order valence-corrected chi connectivity index (χ2v) is 5.09. The molecular formula is C12H19BrN2O5. The van der Waals surface area contributed by atoms with Gasteiger partial charge in [0.05, 0.1) is 6.61 Å². The number of hydrogen-bond acceptors (Lipinski definition) is 6. The van der Waals surface area contributed by atoms with Gasteiger partial charge in [0.2, 0.25) is 0 Å². The van der Waals surface area contributed by atoms with Crippen LogP contribution in [0.5, 0.6) is 0 Å². The molecule has 8 heteroatoms. The number of hydrogen-bond donors (Lipinski definition) is 1. The van der Waals surface area contributed by atoms with Gasteiger partial charge in [-0.05, 0) is 19.9 Å². The van der Waals surface area contributed by atoms with E-state index in [1.807, 2.05) is 0 Å². The van der Waals surface area contributed by atoms with Crippen LogP contribution in [0, 0.1) is 0 Å². The Morgan fingerprint density at radius 2 is 2.00 bits per heavy atom. The van der Waals surface area contributed by atoms with Gasteiger partial charge in [-0.15, -0.1) is 5.06 Å². The van der Waals surface area contributed by atoms with E-state index < -0.39 is 23.9 Å². The van der Waals surface area contributed by atoms with Crippen molar-refractivity contribution in [2.45, 2.75) is 32.3 Å². The quantitative estimate of drug-likeness (QED) is 0.367. The minimum absolute atomic E-state index is 0.0822. The van der Waals surface area contributed by atoms with Crippen LogP contribution >= 0.6 is 15.9 Å². The van der Waals surface area contributed by atoms with Crippen LogP contribution in [-0.4, -0.2) is 54.0 Å². The number of nitrogens with zero attached hydrogens (tertiary/aromatic N) is 1. The predicted octanol–water partition coefficient (Wildman–Crippen LogP) is 0.373. The Bertz CT molecular complexity index is 348. The molecular weight excluding hydrogens is 332 g/mol. The smallest absolute Gasteiger partial charge is 0.361 e. The van der Waals surface area contributed by atoms with Crippen molar-refractivity contribution in [1.29, 1.82) is 0 Å². The Kier molecular flexibility index (Phi) is 7.71. The number of carbonyl (C=O) groups is 3. The SMILES string of the molecule is CC(OCCNCCCBr)C(=O)ON1C(=O)CCC1=O. The van der Waals surface area contributed by atoms with E-state index in [0.717, 1.165) is 18.3 Å².